The van der Waals surface area contributed by atoms with E-state index in [2.05, 4.69) is 36.3 Å². The lowest BCUT2D eigenvalue weighted by Crippen LogP contribution is -2.18. The summed E-state index contributed by atoms with van der Waals surface area (Å²) in [5, 5.41) is 35.5. The molecule has 0 saturated heterocycles. The van der Waals surface area contributed by atoms with Crippen LogP contribution < -0.4 is 16.0 Å². The van der Waals surface area contributed by atoms with E-state index in [1.165, 1.54) is 10.3 Å². The summed E-state index contributed by atoms with van der Waals surface area (Å²) in [6.07, 6.45) is 0. The maximum Gasteiger partial charge on any atom is 0.344 e. The van der Waals surface area contributed by atoms with E-state index in [1.54, 1.807) is 61.5 Å². The Kier molecular flexibility index (Phi) is 7.75. The second-order valence-corrected chi connectivity index (χ2v) is 9.72. The summed E-state index contributed by atoms with van der Waals surface area (Å²) in [7, 11) is 0. The second-order valence-electron chi connectivity index (χ2n) is 7.87. The molecule has 0 aliphatic heterocycles. The van der Waals surface area contributed by atoms with Gasteiger partial charge in [0.25, 0.3) is 11.8 Å². The fourth-order valence-electron chi connectivity index (χ4n) is 3.48. The Balaban J connectivity index is 1.49. The Bertz CT molecular complexity index is 1650. The summed E-state index contributed by atoms with van der Waals surface area (Å²) in [6, 6.07) is 17.7. The molecule has 0 aliphatic rings. The molecule has 3 heterocycles. The van der Waals surface area contributed by atoms with Crippen molar-refractivity contribution in [2.45, 2.75) is 6.92 Å². The molecular weight excluding hydrogens is 556 g/mol. The predicted octanol–water partition coefficient (Wildman–Crippen LogP) is 4.31. The van der Waals surface area contributed by atoms with Gasteiger partial charge in [-0.2, -0.15) is 0 Å². The summed E-state index contributed by atoms with van der Waals surface area (Å²) in [5.74, 6) is -3.07. The van der Waals surface area contributed by atoms with Crippen LogP contribution >= 0.6 is 22.7 Å². The molecule has 5 aromatic rings. The number of carbonyl (C=O) groups excluding carboxylic acids is 3. The Hall–Kier alpha value is -5.15. The first-order chi connectivity index (χ1) is 19.4. The van der Waals surface area contributed by atoms with Gasteiger partial charge in [0.05, 0.1) is 12.3 Å². The fourth-order valence-corrected chi connectivity index (χ4v) is 4.92. The molecule has 0 aliphatic carbocycles. The highest BCUT2D eigenvalue weighted by Crippen LogP contribution is 2.41. The van der Waals surface area contributed by atoms with Crippen molar-refractivity contribution in [1.82, 2.24) is 25.2 Å². The highest BCUT2D eigenvalue weighted by molar-refractivity contribution is 7.19. The van der Waals surface area contributed by atoms with Crippen LogP contribution in [0.2, 0.25) is 0 Å². The molecule has 0 fully saturated rings. The van der Waals surface area contributed by atoms with E-state index in [0.717, 1.165) is 22.7 Å². The Morgan fingerprint density at radius 1 is 0.975 bits per heavy atom. The van der Waals surface area contributed by atoms with Crippen LogP contribution in [0.4, 0.5) is 21.6 Å². The van der Waals surface area contributed by atoms with Gasteiger partial charge >= 0.3 is 5.97 Å². The van der Waals surface area contributed by atoms with Crippen LogP contribution in [0, 0.1) is 0 Å². The number of aromatic nitrogens is 5. The quantitative estimate of drug-likeness (QED) is 0.185. The van der Waals surface area contributed by atoms with Crippen molar-refractivity contribution in [2.75, 3.05) is 22.6 Å². The third-order valence-corrected chi connectivity index (χ3v) is 6.93. The van der Waals surface area contributed by atoms with Crippen molar-refractivity contribution in [2.24, 2.45) is 0 Å². The van der Waals surface area contributed by atoms with Crippen LogP contribution in [0.5, 0.6) is 5.75 Å². The first-order valence-electron chi connectivity index (χ1n) is 11.7. The van der Waals surface area contributed by atoms with Crippen LogP contribution in [0.15, 0.2) is 66.2 Å². The number of anilines is 4. The first kappa shape index (κ1) is 26.5. The number of hydrogen-bond acceptors (Lipinski definition) is 12. The van der Waals surface area contributed by atoms with Crippen molar-refractivity contribution < 1.29 is 24.2 Å². The number of para-hydroxylation sites is 2. The topological polar surface area (TPSA) is 173 Å². The highest BCUT2D eigenvalue weighted by atomic mass is 32.1. The minimum atomic E-state index is -0.820. The van der Waals surface area contributed by atoms with Gasteiger partial charge in [-0.05, 0) is 31.2 Å². The van der Waals surface area contributed by atoms with Gasteiger partial charge in [-0.15, -0.1) is 36.5 Å². The van der Waals surface area contributed by atoms with Crippen molar-refractivity contribution in [3.63, 3.8) is 0 Å². The molecule has 0 atom stereocenters. The lowest BCUT2D eigenvalue weighted by molar-refractivity contribution is 0.0525. The molecular formula is C25H20N8O5S2. The largest absolute Gasteiger partial charge is 0.505 e. The Morgan fingerprint density at radius 2 is 1.70 bits per heavy atom. The third-order valence-electron chi connectivity index (χ3n) is 5.23. The van der Waals surface area contributed by atoms with E-state index in [-0.39, 0.29) is 38.7 Å². The number of carbonyl (C=O) groups is 3. The van der Waals surface area contributed by atoms with Gasteiger partial charge < -0.3 is 20.5 Å². The van der Waals surface area contributed by atoms with Crippen LogP contribution in [0.1, 0.15) is 37.4 Å². The van der Waals surface area contributed by atoms with Crippen molar-refractivity contribution in [3.8, 4) is 11.4 Å². The van der Waals surface area contributed by atoms with Gasteiger partial charge in [-0.1, -0.05) is 47.7 Å². The zero-order valence-electron chi connectivity index (χ0n) is 20.7. The lowest BCUT2D eigenvalue weighted by Gasteiger charge is -2.07. The van der Waals surface area contributed by atoms with Gasteiger partial charge in [-0.3, -0.25) is 14.9 Å². The molecule has 202 valence electrons. The molecule has 3 aromatic heterocycles. The number of rotatable bonds is 9. The summed E-state index contributed by atoms with van der Waals surface area (Å²) in [5.41, 5.74) is 2.20. The Morgan fingerprint density at radius 3 is 2.38 bits per heavy atom. The molecule has 2 amide bonds. The smallest absolute Gasteiger partial charge is 0.344 e. The molecule has 0 bridgehead atoms. The molecule has 0 saturated carbocycles. The fraction of sp³-hybridized carbons (Fsp3) is 0.0800. The van der Waals surface area contributed by atoms with Gasteiger partial charge in [-0.25, -0.2) is 4.79 Å². The summed E-state index contributed by atoms with van der Waals surface area (Å²) in [6.45, 7) is 1.69. The van der Waals surface area contributed by atoms with Crippen molar-refractivity contribution in [1.29, 1.82) is 0 Å². The monoisotopic (exact) mass is 576 g/mol. The minimum absolute atomic E-state index is 0.0656. The molecule has 15 heteroatoms. The van der Waals surface area contributed by atoms with Crippen LogP contribution in [-0.4, -0.2) is 54.7 Å². The summed E-state index contributed by atoms with van der Waals surface area (Å²) < 4.78 is 5.10. The molecule has 0 unspecified atom stereocenters. The van der Waals surface area contributed by atoms with E-state index < -0.39 is 23.5 Å². The average Bonchev–Trinajstić information content (AvgIpc) is 3.69. The molecule has 4 N–H and O–H groups in total. The predicted molar refractivity (Wildman–Crippen MR) is 149 cm³/mol. The number of thiophene rings is 1. The average molecular weight is 577 g/mol. The van der Waals surface area contributed by atoms with Crippen molar-refractivity contribution in [3.05, 3.63) is 82.3 Å². The van der Waals surface area contributed by atoms with Gasteiger partial charge in [0.2, 0.25) is 5.13 Å². The van der Waals surface area contributed by atoms with Crippen LogP contribution in [0.25, 0.3) is 5.69 Å². The molecule has 40 heavy (non-hydrogen) atoms. The number of esters is 1. The number of nitrogens with one attached hydrogen (secondary N) is 3. The van der Waals surface area contributed by atoms with Crippen molar-refractivity contribution >= 4 is 62.1 Å². The van der Waals surface area contributed by atoms with Gasteiger partial charge in [0, 0.05) is 5.69 Å². The number of benzene rings is 2. The maximum absolute atomic E-state index is 13.4. The van der Waals surface area contributed by atoms with E-state index >= 15 is 0 Å². The number of nitrogens with zero attached hydrogens (tertiary/aromatic N) is 5. The lowest BCUT2D eigenvalue weighted by atomic mass is 10.2. The number of ether oxygens (including phenoxy) is 1. The molecule has 0 spiro atoms. The highest BCUT2D eigenvalue weighted by Gasteiger charge is 2.30. The third kappa shape index (κ3) is 5.64. The SMILES string of the molecule is CCOC(=O)c1c(Nc2ccccc2)sc(C(=O)Nc2nn(-c3ccccc3)nc2C(=O)Nc2nncs2)c1O. The summed E-state index contributed by atoms with van der Waals surface area (Å²) >= 11 is 1.94. The normalized spacial score (nSPS) is 10.6. The molecule has 2 aromatic carbocycles. The molecule has 5 rings (SSSR count). The van der Waals surface area contributed by atoms with E-state index in [4.69, 9.17) is 4.74 Å². The number of aromatic hydroxyl groups is 1. The zero-order valence-corrected chi connectivity index (χ0v) is 22.3. The molecule has 13 nitrogen and oxygen atoms in total. The van der Waals surface area contributed by atoms with Crippen LogP contribution in [0.3, 0.4) is 0 Å². The number of hydrogen-bond donors (Lipinski definition) is 4. The zero-order chi connectivity index (χ0) is 28.1. The summed E-state index contributed by atoms with van der Waals surface area (Å²) in [4.78, 5) is 40.1. The number of amides is 2. The molecule has 0 radical (unpaired) electrons. The van der Waals surface area contributed by atoms with E-state index in [1.807, 2.05) is 6.07 Å². The first-order valence-corrected chi connectivity index (χ1v) is 13.4. The maximum atomic E-state index is 13.4. The standard InChI is InChI=1S/C25H20N8O5S2/c1-2-38-24(37)16-18(34)19(40-23(16)27-14-9-5-3-6-10-14)22(36)28-20-17(21(35)29-25-30-26-13-39-25)31-33(32-20)15-11-7-4-8-12-15/h3-13,27,34H,2H2,1H3,(H,28,32,36)(H,29,30,35). The van der Waals surface area contributed by atoms with Crippen LogP contribution in [-0.2, 0) is 4.74 Å². The van der Waals surface area contributed by atoms with Gasteiger partial charge in [0.1, 0.15) is 21.0 Å². The Labute approximate surface area is 234 Å². The van der Waals surface area contributed by atoms with E-state index in [9.17, 15) is 19.5 Å². The van der Waals surface area contributed by atoms with E-state index in [0.29, 0.717) is 11.4 Å². The van der Waals surface area contributed by atoms with Gasteiger partial charge in [0.15, 0.2) is 17.3 Å². The second kappa shape index (κ2) is 11.7. The minimum Gasteiger partial charge on any atom is -0.505 e.